The van der Waals surface area contributed by atoms with E-state index in [1.165, 1.54) is 6.42 Å². The highest BCUT2D eigenvalue weighted by molar-refractivity contribution is 5.73. The first kappa shape index (κ1) is 8.05. The molecule has 1 N–H and O–H groups in total. The van der Waals surface area contributed by atoms with E-state index in [1.54, 1.807) is 7.11 Å². The third kappa shape index (κ3) is 0.774. The molecule has 12 heavy (non-hydrogen) atoms. The lowest BCUT2D eigenvalue weighted by molar-refractivity contribution is -0.202. The molecule has 0 saturated heterocycles. The number of carboxylic acids is 1. The molecule has 2 saturated carbocycles. The Kier molecular flexibility index (Phi) is 1.65. The summed E-state index contributed by atoms with van der Waals surface area (Å²) in [7, 11) is 1.68. The van der Waals surface area contributed by atoms with Gasteiger partial charge >= 0.3 is 5.97 Å². The van der Waals surface area contributed by atoms with Crippen molar-refractivity contribution in [2.75, 3.05) is 7.11 Å². The Morgan fingerprint density at radius 3 is 2.58 bits per heavy atom. The lowest BCUT2D eigenvalue weighted by atomic mass is 9.48. The SMILES string of the molecule is COC1CC(C(=O)O)C12CCC2. The van der Waals surface area contributed by atoms with Crippen molar-refractivity contribution in [3.8, 4) is 0 Å². The molecule has 2 fully saturated rings. The molecule has 68 valence electrons. The fourth-order valence-electron chi connectivity index (χ4n) is 2.68. The van der Waals surface area contributed by atoms with Crippen molar-refractivity contribution in [2.24, 2.45) is 11.3 Å². The minimum atomic E-state index is -0.636. The van der Waals surface area contributed by atoms with Crippen molar-refractivity contribution in [1.82, 2.24) is 0 Å². The van der Waals surface area contributed by atoms with Crippen LogP contribution >= 0.6 is 0 Å². The molecule has 0 radical (unpaired) electrons. The lowest BCUT2D eigenvalue weighted by Gasteiger charge is -2.59. The van der Waals surface area contributed by atoms with Crippen molar-refractivity contribution >= 4 is 5.97 Å². The molecule has 0 aromatic carbocycles. The highest BCUT2D eigenvalue weighted by Gasteiger charge is 2.61. The second kappa shape index (κ2) is 2.46. The monoisotopic (exact) mass is 170 g/mol. The third-order valence-corrected chi connectivity index (χ3v) is 3.65. The van der Waals surface area contributed by atoms with Crippen LogP contribution in [0, 0.1) is 11.3 Å². The summed E-state index contributed by atoms with van der Waals surface area (Å²) >= 11 is 0. The van der Waals surface area contributed by atoms with Crippen molar-refractivity contribution in [2.45, 2.75) is 31.8 Å². The van der Waals surface area contributed by atoms with E-state index in [2.05, 4.69) is 0 Å². The average molecular weight is 170 g/mol. The number of hydrogen-bond acceptors (Lipinski definition) is 2. The Balaban J connectivity index is 2.08. The zero-order valence-corrected chi connectivity index (χ0v) is 7.25. The molecule has 2 aliphatic carbocycles. The molecule has 0 bridgehead atoms. The summed E-state index contributed by atoms with van der Waals surface area (Å²) in [5, 5.41) is 8.89. The first-order valence-corrected chi connectivity index (χ1v) is 4.46. The Hall–Kier alpha value is -0.570. The van der Waals surface area contributed by atoms with E-state index in [0.717, 1.165) is 12.8 Å². The van der Waals surface area contributed by atoms with E-state index in [9.17, 15) is 4.79 Å². The molecule has 0 heterocycles. The molecule has 0 aliphatic heterocycles. The summed E-state index contributed by atoms with van der Waals surface area (Å²) < 4.78 is 5.26. The third-order valence-electron chi connectivity index (χ3n) is 3.65. The summed E-state index contributed by atoms with van der Waals surface area (Å²) in [5.41, 5.74) is 0.0284. The summed E-state index contributed by atoms with van der Waals surface area (Å²) in [6, 6.07) is 0. The second-order valence-electron chi connectivity index (χ2n) is 3.94. The molecular weight excluding hydrogens is 156 g/mol. The molecule has 0 aromatic heterocycles. The summed E-state index contributed by atoms with van der Waals surface area (Å²) in [4.78, 5) is 10.8. The Labute approximate surface area is 71.7 Å². The van der Waals surface area contributed by atoms with Gasteiger partial charge in [0.25, 0.3) is 0 Å². The number of carbonyl (C=O) groups is 1. The minimum absolute atomic E-state index is 0.0284. The first-order chi connectivity index (χ1) is 5.70. The molecule has 0 amide bonds. The number of rotatable bonds is 2. The van der Waals surface area contributed by atoms with Crippen molar-refractivity contribution in [3.05, 3.63) is 0 Å². The number of methoxy groups -OCH3 is 1. The topological polar surface area (TPSA) is 46.5 Å². The van der Waals surface area contributed by atoms with Crippen LogP contribution in [0.5, 0.6) is 0 Å². The maximum Gasteiger partial charge on any atom is 0.307 e. The number of aliphatic carboxylic acids is 1. The molecule has 2 atom stereocenters. The molecule has 3 heteroatoms. The summed E-state index contributed by atoms with van der Waals surface area (Å²) in [5.74, 6) is -0.765. The fraction of sp³-hybridized carbons (Fsp3) is 0.889. The Bertz CT molecular complexity index is 208. The largest absolute Gasteiger partial charge is 0.481 e. The van der Waals surface area contributed by atoms with Gasteiger partial charge in [0, 0.05) is 12.5 Å². The highest BCUT2D eigenvalue weighted by Crippen LogP contribution is 2.60. The average Bonchev–Trinajstić information content (AvgIpc) is 1.81. The van der Waals surface area contributed by atoms with E-state index >= 15 is 0 Å². The van der Waals surface area contributed by atoms with Gasteiger partial charge in [0.2, 0.25) is 0 Å². The van der Waals surface area contributed by atoms with Crippen LogP contribution in [0.2, 0.25) is 0 Å². The van der Waals surface area contributed by atoms with Gasteiger partial charge in [-0.3, -0.25) is 4.79 Å². The lowest BCUT2D eigenvalue weighted by Crippen LogP contribution is -2.60. The predicted molar refractivity (Wildman–Crippen MR) is 42.8 cm³/mol. The number of ether oxygens (including phenoxy) is 1. The highest BCUT2D eigenvalue weighted by atomic mass is 16.5. The Morgan fingerprint density at radius 2 is 2.25 bits per heavy atom. The van der Waals surface area contributed by atoms with Gasteiger partial charge in [0.1, 0.15) is 0 Å². The van der Waals surface area contributed by atoms with Crippen molar-refractivity contribution < 1.29 is 14.6 Å². The van der Waals surface area contributed by atoms with E-state index in [1.807, 2.05) is 0 Å². The molecule has 3 nitrogen and oxygen atoms in total. The fourth-order valence-corrected chi connectivity index (χ4v) is 2.68. The number of carboxylic acid groups (broad SMARTS) is 1. The van der Waals surface area contributed by atoms with Crippen LogP contribution < -0.4 is 0 Å². The molecule has 0 aromatic rings. The van der Waals surface area contributed by atoms with E-state index in [4.69, 9.17) is 9.84 Å². The minimum Gasteiger partial charge on any atom is -0.481 e. The van der Waals surface area contributed by atoms with E-state index in [-0.39, 0.29) is 17.4 Å². The van der Waals surface area contributed by atoms with Crippen LogP contribution in [0.25, 0.3) is 0 Å². The second-order valence-corrected chi connectivity index (χ2v) is 3.94. The molecule has 2 aliphatic rings. The summed E-state index contributed by atoms with van der Waals surface area (Å²) in [6.07, 6.45) is 4.19. The zero-order chi connectivity index (χ0) is 8.77. The first-order valence-electron chi connectivity index (χ1n) is 4.46. The van der Waals surface area contributed by atoms with Gasteiger partial charge in [-0.25, -0.2) is 0 Å². The van der Waals surface area contributed by atoms with Crippen molar-refractivity contribution in [3.63, 3.8) is 0 Å². The van der Waals surface area contributed by atoms with Crippen LogP contribution in [0.15, 0.2) is 0 Å². The van der Waals surface area contributed by atoms with Gasteiger partial charge < -0.3 is 9.84 Å². The van der Waals surface area contributed by atoms with Crippen LogP contribution in [-0.4, -0.2) is 24.3 Å². The van der Waals surface area contributed by atoms with Gasteiger partial charge in [-0.15, -0.1) is 0 Å². The van der Waals surface area contributed by atoms with E-state index < -0.39 is 5.97 Å². The zero-order valence-electron chi connectivity index (χ0n) is 7.25. The molecule has 2 rings (SSSR count). The van der Waals surface area contributed by atoms with Gasteiger partial charge in [0.15, 0.2) is 0 Å². The Morgan fingerprint density at radius 1 is 1.58 bits per heavy atom. The standard InChI is InChI=1S/C9H14O3/c1-12-7-5-6(8(10)11)9(7)3-2-4-9/h6-7H,2-5H2,1H3,(H,10,11). The van der Waals surface area contributed by atoms with Gasteiger partial charge in [-0.2, -0.15) is 0 Å². The van der Waals surface area contributed by atoms with Crippen molar-refractivity contribution in [1.29, 1.82) is 0 Å². The van der Waals surface area contributed by atoms with Crippen LogP contribution in [0.1, 0.15) is 25.7 Å². The smallest absolute Gasteiger partial charge is 0.307 e. The van der Waals surface area contributed by atoms with Crippen LogP contribution in [0.3, 0.4) is 0 Å². The van der Waals surface area contributed by atoms with Gasteiger partial charge in [-0.05, 0) is 19.3 Å². The quantitative estimate of drug-likeness (QED) is 0.679. The van der Waals surface area contributed by atoms with Gasteiger partial charge in [-0.1, -0.05) is 6.42 Å². The normalized spacial score (nSPS) is 37.1. The van der Waals surface area contributed by atoms with E-state index in [0.29, 0.717) is 6.42 Å². The number of hydrogen-bond donors (Lipinski definition) is 1. The predicted octanol–water partition coefficient (Wildman–Crippen LogP) is 1.28. The maximum absolute atomic E-state index is 10.8. The maximum atomic E-state index is 10.8. The molecule has 1 spiro atoms. The van der Waals surface area contributed by atoms with Gasteiger partial charge in [0.05, 0.1) is 12.0 Å². The van der Waals surface area contributed by atoms with Crippen LogP contribution in [0.4, 0.5) is 0 Å². The summed E-state index contributed by atoms with van der Waals surface area (Å²) in [6.45, 7) is 0. The molecule has 2 unspecified atom stereocenters. The van der Waals surface area contributed by atoms with Crippen LogP contribution in [-0.2, 0) is 9.53 Å². The molecular formula is C9H14O3.